The standard InChI is InChI=1S/C9H11BrOS/c10-8-3-1-7(2-4-8)9(12)5-6-11/h1-4,9,11-12H,5-6H2. The molecule has 0 amide bonds. The first-order valence-electron chi connectivity index (χ1n) is 3.78. The van der Waals surface area contributed by atoms with Gasteiger partial charge in [-0.05, 0) is 24.1 Å². The fourth-order valence-electron chi connectivity index (χ4n) is 0.974. The molecule has 1 aromatic rings. The van der Waals surface area contributed by atoms with Gasteiger partial charge in [0.2, 0.25) is 0 Å². The van der Waals surface area contributed by atoms with E-state index in [1.54, 1.807) is 0 Å². The highest BCUT2D eigenvalue weighted by Crippen LogP contribution is 2.24. The molecule has 1 unspecified atom stereocenters. The van der Waals surface area contributed by atoms with Crippen LogP contribution in [0.15, 0.2) is 28.7 Å². The van der Waals surface area contributed by atoms with Crippen LogP contribution in [0.5, 0.6) is 0 Å². The number of thiol groups is 1. The van der Waals surface area contributed by atoms with Gasteiger partial charge in [-0.25, -0.2) is 0 Å². The molecule has 0 aliphatic heterocycles. The van der Waals surface area contributed by atoms with Crippen molar-refractivity contribution >= 4 is 28.6 Å². The van der Waals surface area contributed by atoms with Gasteiger partial charge in [0, 0.05) is 16.3 Å². The predicted octanol–water partition coefficient (Wildman–Crippen LogP) is 2.80. The number of aliphatic hydroxyl groups excluding tert-OH is 1. The normalized spacial score (nSPS) is 12.9. The summed E-state index contributed by atoms with van der Waals surface area (Å²) in [6, 6.07) is 7.99. The van der Waals surface area contributed by atoms with E-state index in [0.717, 1.165) is 10.0 Å². The zero-order valence-electron chi connectivity index (χ0n) is 6.57. The second-order valence-electron chi connectivity index (χ2n) is 2.58. The molecule has 1 aromatic carbocycles. The molecule has 0 radical (unpaired) electrons. The van der Waals surface area contributed by atoms with Crippen LogP contribution in [0.2, 0.25) is 0 Å². The average molecular weight is 247 g/mol. The van der Waals surface area contributed by atoms with Gasteiger partial charge in [-0.15, -0.1) is 0 Å². The summed E-state index contributed by atoms with van der Waals surface area (Å²) in [4.78, 5) is 0. The molecule has 1 atom stereocenters. The highest BCUT2D eigenvalue weighted by atomic mass is 79.9. The van der Waals surface area contributed by atoms with E-state index < -0.39 is 0 Å². The molecule has 0 fully saturated rings. The zero-order chi connectivity index (χ0) is 8.97. The molecule has 0 aliphatic carbocycles. The van der Waals surface area contributed by atoms with Crippen molar-refractivity contribution in [3.8, 4) is 0 Å². The summed E-state index contributed by atoms with van der Waals surface area (Å²) in [5.41, 5.74) is 1.15. The Balaban J connectivity index is 2.68. The quantitative estimate of drug-likeness (QED) is 0.787. The maximum absolute atomic E-state index is 8.69. The van der Waals surface area contributed by atoms with Crippen LogP contribution in [0.4, 0.5) is 0 Å². The molecule has 0 aromatic heterocycles. The third-order valence-electron chi connectivity index (χ3n) is 1.66. The van der Waals surface area contributed by atoms with Gasteiger partial charge in [0.25, 0.3) is 0 Å². The van der Waals surface area contributed by atoms with Crippen molar-refractivity contribution in [3.05, 3.63) is 34.3 Å². The first kappa shape index (κ1) is 10.1. The van der Waals surface area contributed by atoms with Crippen LogP contribution in [-0.2, 0) is 0 Å². The number of halogens is 1. The topological polar surface area (TPSA) is 20.2 Å². The lowest BCUT2D eigenvalue weighted by molar-refractivity contribution is 0.287. The van der Waals surface area contributed by atoms with Crippen molar-refractivity contribution in [1.82, 2.24) is 0 Å². The minimum absolute atomic E-state index is 0.142. The van der Waals surface area contributed by atoms with E-state index in [4.69, 9.17) is 5.11 Å². The molecule has 1 N–H and O–H groups in total. The third-order valence-corrected chi connectivity index (χ3v) is 2.74. The van der Waals surface area contributed by atoms with Gasteiger partial charge in [0.1, 0.15) is 0 Å². The van der Waals surface area contributed by atoms with Crippen molar-refractivity contribution in [2.24, 2.45) is 0 Å². The van der Waals surface area contributed by atoms with Gasteiger partial charge < -0.3 is 5.11 Å². The average Bonchev–Trinajstić information content (AvgIpc) is 2.06. The largest absolute Gasteiger partial charge is 0.396 e. The first-order valence-corrected chi connectivity index (χ1v) is 5.09. The van der Waals surface area contributed by atoms with Gasteiger partial charge in [0.05, 0.1) is 0 Å². The van der Waals surface area contributed by atoms with Crippen molar-refractivity contribution < 1.29 is 5.11 Å². The Morgan fingerprint density at radius 2 is 1.92 bits per heavy atom. The lowest BCUT2D eigenvalue weighted by atomic mass is 10.1. The molecule has 66 valence electrons. The SMILES string of the molecule is OCCC(S)c1ccc(Br)cc1. The van der Waals surface area contributed by atoms with E-state index in [-0.39, 0.29) is 11.9 Å². The first-order chi connectivity index (χ1) is 5.74. The maximum atomic E-state index is 8.69. The Morgan fingerprint density at radius 1 is 1.33 bits per heavy atom. The van der Waals surface area contributed by atoms with Crippen molar-refractivity contribution in [3.63, 3.8) is 0 Å². The van der Waals surface area contributed by atoms with Gasteiger partial charge in [0.15, 0.2) is 0 Å². The number of rotatable bonds is 3. The number of hydrogen-bond acceptors (Lipinski definition) is 2. The fourth-order valence-corrected chi connectivity index (χ4v) is 1.53. The van der Waals surface area contributed by atoms with E-state index in [1.807, 2.05) is 24.3 Å². The molecule has 0 bridgehead atoms. The molecule has 1 rings (SSSR count). The molecule has 1 nitrogen and oxygen atoms in total. The van der Waals surface area contributed by atoms with Gasteiger partial charge >= 0.3 is 0 Å². The summed E-state index contributed by atoms with van der Waals surface area (Å²) in [6.45, 7) is 0.185. The van der Waals surface area contributed by atoms with Crippen LogP contribution in [0.25, 0.3) is 0 Å². The van der Waals surface area contributed by atoms with E-state index in [9.17, 15) is 0 Å². The Kier molecular flexibility index (Phi) is 4.12. The number of hydrogen-bond donors (Lipinski definition) is 2. The minimum atomic E-state index is 0.142. The molecule has 0 saturated heterocycles. The second kappa shape index (κ2) is 4.90. The van der Waals surface area contributed by atoms with E-state index >= 15 is 0 Å². The summed E-state index contributed by atoms with van der Waals surface area (Å²) in [7, 11) is 0. The lowest BCUT2D eigenvalue weighted by Crippen LogP contribution is -1.93. The molecular weight excluding hydrogens is 236 g/mol. The summed E-state index contributed by atoms with van der Waals surface area (Å²) >= 11 is 7.72. The van der Waals surface area contributed by atoms with Gasteiger partial charge in [-0.1, -0.05) is 28.1 Å². The molecule has 0 saturated carbocycles. The summed E-state index contributed by atoms with van der Waals surface area (Å²) in [5, 5.41) is 8.84. The maximum Gasteiger partial charge on any atom is 0.0444 e. The van der Waals surface area contributed by atoms with Crippen LogP contribution >= 0.6 is 28.6 Å². The smallest absolute Gasteiger partial charge is 0.0444 e. The molecule has 0 heterocycles. The van der Waals surface area contributed by atoms with Crippen molar-refractivity contribution in [1.29, 1.82) is 0 Å². The molecule has 3 heteroatoms. The molecule has 0 aliphatic rings. The highest BCUT2D eigenvalue weighted by molar-refractivity contribution is 9.10. The zero-order valence-corrected chi connectivity index (χ0v) is 9.05. The number of benzene rings is 1. The second-order valence-corrected chi connectivity index (χ2v) is 4.12. The molecule has 12 heavy (non-hydrogen) atoms. The highest BCUT2D eigenvalue weighted by Gasteiger charge is 2.04. The summed E-state index contributed by atoms with van der Waals surface area (Å²) < 4.78 is 1.07. The molecule has 0 spiro atoms. The van der Waals surface area contributed by atoms with Crippen LogP contribution in [-0.4, -0.2) is 11.7 Å². The van der Waals surface area contributed by atoms with Gasteiger partial charge in [-0.2, -0.15) is 12.6 Å². The van der Waals surface area contributed by atoms with Gasteiger partial charge in [-0.3, -0.25) is 0 Å². The Hall–Kier alpha value is 0.01000. The van der Waals surface area contributed by atoms with E-state index in [1.165, 1.54) is 0 Å². The monoisotopic (exact) mass is 246 g/mol. The lowest BCUT2D eigenvalue weighted by Gasteiger charge is -2.08. The summed E-state index contributed by atoms with van der Waals surface area (Å²) in [6.07, 6.45) is 0.699. The molecular formula is C9H11BrOS. The van der Waals surface area contributed by atoms with Crippen molar-refractivity contribution in [2.75, 3.05) is 6.61 Å². The van der Waals surface area contributed by atoms with E-state index in [0.29, 0.717) is 6.42 Å². The fraction of sp³-hybridized carbons (Fsp3) is 0.333. The Bertz CT molecular complexity index is 235. The Labute approximate surface area is 86.3 Å². The van der Waals surface area contributed by atoms with Crippen LogP contribution in [0, 0.1) is 0 Å². The summed E-state index contributed by atoms with van der Waals surface area (Å²) in [5.74, 6) is 0. The minimum Gasteiger partial charge on any atom is -0.396 e. The van der Waals surface area contributed by atoms with Crippen LogP contribution in [0.1, 0.15) is 17.2 Å². The predicted molar refractivity (Wildman–Crippen MR) is 57.6 cm³/mol. The Morgan fingerprint density at radius 3 is 2.42 bits per heavy atom. The van der Waals surface area contributed by atoms with Crippen LogP contribution in [0.3, 0.4) is 0 Å². The van der Waals surface area contributed by atoms with Crippen LogP contribution < -0.4 is 0 Å². The van der Waals surface area contributed by atoms with Crippen molar-refractivity contribution in [2.45, 2.75) is 11.7 Å². The van der Waals surface area contributed by atoms with E-state index in [2.05, 4.69) is 28.6 Å². The number of aliphatic hydroxyl groups is 1. The third kappa shape index (κ3) is 2.81.